The fourth-order valence-corrected chi connectivity index (χ4v) is 3.32. The number of benzene rings is 1. The minimum absolute atomic E-state index is 0.0315. The van der Waals surface area contributed by atoms with Crippen LogP contribution in [0.25, 0.3) is 0 Å². The van der Waals surface area contributed by atoms with E-state index in [1.54, 1.807) is 12.1 Å². The van der Waals surface area contributed by atoms with Gasteiger partial charge in [0, 0.05) is 31.5 Å². The van der Waals surface area contributed by atoms with Crippen LogP contribution in [0.15, 0.2) is 24.3 Å². The molecule has 0 aromatic heterocycles. The lowest BCUT2D eigenvalue weighted by molar-refractivity contribution is -0.154. The lowest BCUT2D eigenvalue weighted by Crippen LogP contribution is -2.67. The number of halogens is 1. The minimum Gasteiger partial charge on any atom is -0.370 e. The zero-order valence-electron chi connectivity index (χ0n) is 15.0. The average Bonchev–Trinajstić information content (AvgIpc) is 2.54. The number of carbonyl (C=O) groups excluding carboxylic acids is 4. The smallest absolute Gasteiger partial charge is 0.245 e. The molecular formula is C18H23ClN4O4. The molecule has 1 fully saturated rings. The first-order valence-corrected chi connectivity index (χ1v) is 8.89. The van der Waals surface area contributed by atoms with E-state index < -0.39 is 23.3 Å². The normalized spacial score (nSPS) is 16.1. The van der Waals surface area contributed by atoms with Crippen molar-refractivity contribution < 1.29 is 19.2 Å². The number of rotatable bonds is 8. The summed E-state index contributed by atoms with van der Waals surface area (Å²) >= 11 is 5.87. The Hall–Kier alpha value is -2.61. The second-order valence-corrected chi connectivity index (χ2v) is 7.34. The van der Waals surface area contributed by atoms with E-state index in [0.717, 1.165) is 5.56 Å². The van der Waals surface area contributed by atoms with Gasteiger partial charge in [0.05, 0.1) is 5.41 Å². The van der Waals surface area contributed by atoms with Gasteiger partial charge in [-0.05, 0) is 30.5 Å². The predicted octanol–water partition coefficient (Wildman–Crippen LogP) is -0.0334. The number of amides is 4. The van der Waals surface area contributed by atoms with Crippen molar-refractivity contribution in [3.8, 4) is 0 Å². The summed E-state index contributed by atoms with van der Waals surface area (Å²) in [4.78, 5) is 48.5. The van der Waals surface area contributed by atoms with Gasteiger partial charge in [-0.25, -0.2) is 0 Å². The highest BCUT2D eigenvalue weighted by Gasteiger charge is 2.50. The summed E-state index contributed by atoms with van der Waals surface area (Å²) in [5.41, 5.74) is 10.7. The summed E-state index contributed by atoms with van der Waals surface area (Å²) in [6.07, 6.45) is 0.455. The molecule has 1 aromatic carbocycles. The molecule has 4 amide bonds. The van der Waals surface area contributed by atoms with E-state index in [9.17, 15) is 19.2 Å². The summed E-state index contributed by atoms with van der Waals surface area (Å²) in [6.45, 7) is 1.59. The molecule has 1 aliphatic rings. The van der Waals surface area contributed by atoms with Crippen molar-refractivity contribution >= 4 is 35.2 Å². The summed E-state index contributed by atoms with van der Waals surface area (Å²) in [5, 5.41) is 3.12. The molecule has 0 spiro atoms. The van der Waals surface area contributed by atoms with Crippen LogP contribution < -0.4 is 16.8 Å². The fraction of sp³-hybridized carbons (Fsp3) is 0.444. The highest BCUT2D eigenvalue weighted by atomic mass is 35.5. The van der Waals surface area contributed by atoms with Crippen LogP contribution in [0, 0.1) is 5.41 Å². The third kappa shape index (κ3) is 5.19. The number of hydrogen-bond donors (Lipinski definition) is 3. The molecule has 1 atom stereocenters. The van der Waals surface area contributed by atoms with Gasteiger partial charge in [-0.3, -0.25) is 19.2 Å². The molecule has 2 rings (SSSR count). The van der Waals surface area contributed by atoms with E-state index >= 15 is 0 Å². The first-order valence-electron chi connectivity index (χ1n) is 8.51. The minimum atomic E-state index is -0.867. The molecule has 1 saturated heterocycles. The van der Waals surface area contributed by atoms with Crippen LogP contribution in [0.1, 0.15) is 25.3 Å². The van der Waals surface area contributed by atoms with Gasteiger partial charge >= 0.3 is 0 Å². The quantitative estimate of drug-likeness (QED) is 0.570. The van der Waals surface area contributed by atoms with Crippen LogP contribution in [0.5, 0.6) is 0 Å². The summed E-state index contributed by atoms with van der Waals surface area (Å²) in [5.74, 6) is -1.80. The molecule has 1 aliphatic heterocycles. The number of nitrogens with zero attached hydrogens (tertiary/aromatic N) is 1. The van der Waals surface area contributed by atoms with Crippen molar-refractivity contribution in [1.29, 1.82) is 0 Å². The second kappa shape index (κ2) is 8.39. The maximum atomic E-state index is 12.7. The van der Waals surface area contributed by atoms with Crippen molar-refractivity contribution in [1.82, 2.24) is 10.2 Å². The van der Waals surface area contributed by atoms with Crippen molar-refractivity contribution in [3.63, 3.8) is 0 Å². The van der Waals surface area contributed by atoms with E-state index in [2.05, 4.69) is 5.32 Å². The van der Waals surface area contributed by atoms with E-state index in [-0.39, 0.29) is 37.7 Å². The molecule has 1 aromatic rings. The summed E-state index contributed by atoms with van der Waals surface area (Å²) < 4.78 is 0. The highest BCUT2D eigenvalue weighted by Crippen LogP contribution is 2.35. The number of nitrogens with one attached hydrogen (secondary N) is 1. The Kier molecular flexibility index (Phi) is 6.43. The van der Waals surface area contributed by atoms with Crippen molar-refractivity contribution in [2.24, 2.45) is 16.9 Å². The van der Waals surface area contributed by atoms with Crippen molar-refractivity contribution in [2.75, 3.05) is 13.1 Å². The Balaban J connectivity index is 2.06. The van der Waals surface area contributed by atoms with Gasteiger partial charge in [0.15, 0.2) is 0 Å². The maximum Gasteiger partial charge on any atom is 0.245 e. The SMILES string of the molecule is CC(=O)N[C@@H](CCC(N)=O)C(=O)N1CC(Cc2ccc(Cl)cc2)(C(N)=O)C1. The molecule has 0 radical (unpaired) electrons. The Morgan fingerprint density at radius 1 is 1.19 bits per heavy atom. The lowest BCUT2D eigenvalue weighted by Gasteiger charge is -2.49. The fourth-order valence-electron chi connectivity index (χ4n) is 3.20. The number of carbonyl (C=O) groups is 4. The third-order valence-corrected chi connectivity index (χ3v) is 4.88. The van der Waals surface area contributed by atoms with E-state index in [1.165, 1.54) is 11.8 Å². The average molecular weight is 395 g/mol. The summed E-state index contributed by atoms with van der Waals surface area (Å²) in [6, 6.07) is 6.21. The number of nitrogens with two attached hydrogens (primary N) is 2. The molecule has 8 nitrogen and oxygen atoms in total. The molecule has 0 unspecified atom stereocenters. The first kappa shape index (κ1) is 20.7. The Bertz CT molecular complexity index is 744. The zero-order valence-corrected chi connectivity index (χ0v) is 15.8. The molecular weight excluding hydrogens is 372 g/mol. The van der Waals surface area contributed by atoms with Crippen LogP contribution >= 0.6 is 11.6 Å². The number of likely N-dealkylation sites (tertiary alicyclic amines) is 1. The molecule has 27 heavy (non-hydrogen) atoms. The number of primary amides is 2. The van der Waals surface area contributed by atoms with Crippen LogP contribution in [-0.2, 0) is 25.6 Å². The largest absolute Gasteiger partial charge is 0.370 e. The van der Waals surface area contributed by atoms with Crippen molar-refractivity contribution in [3.05, 3.63) is 34.9 Å². The zero-order chi connectivity index (χ0) is 20.2. The standard InChI is InChI=1S/C18H23ClN4O4/c1-11(24)22-14(6-7-15(20)25)16(26)23-9-18(10-23,17(21)27)8-12-2-4-13(19)5-3-12/h2-5,14H,6-10H2,1H3,(H2,20,25)(H2,21,27)(H,22,24)/t14-/m0/s1. The van der Waals surface area contributed by atoms with Crippen LogP contribution in [-0.4, -0.2) is 47.7 Å². The Morgan fingerprint density at radius 2 is 1.78 bits per heavy atom. The van der Waals surface area contributed by atoms with E-state index in [4.69, 9.17) is 23.1 Å². The van der Waals surface area contributed by atoms with Gasteiger partial charge in [0.2, 0.25) is 23.6 Å². The molecule has 146 valence electrons. The van der Waals surface area contributed by atoms with Crippen LogP contribution in [0.4, 0.5) is 0 Å². The summed E-state index contributed by atoms with van der Waals surface area (Å²) in [7, 11) is 0. The van der Waals surface area contributed by atoms with Crippen molar-refractivity contribution in [2.45, 2.75) is 32.2 Å². The Labute approximate surface area is 162 Å². The maximum absolute atomic E-state index is 12.7. The first-order chi connectivity index (χ1) is 12.6. The molecule has 0 aliphatic carbocycles. The lowest BCUT2D eigenvalue weighted by atomic mass is 9.73. The van der Waals surface area contributed by atoms with E-state index in [1.807, 2.05) is 12.1 Å². The topological polar surface area (TPSA) is 136 Å². The van der Waals surface area contributed by atoms with E-state index in [0.29, 0.717) is 11.4 Å². The monoisotopic (exact) mass is 394 g/mol. The van der Waals surface area contributed by atoms with Gasteiger partial charge in [0.25, 0.3) is 0 Å². The van der Waals surface area contributed by atoms with Gasteiger partial charge in [0.1, 0.15) is 6.04 Å². The van der Waals surface area contributed by atoms with Gasteiger partial charge < -0.3 is 21.7 Å². The van der Waals surface area contributed by atoms with Gasteiger partial charge in [-0.2, -0.15) is 0 Å². The number of hydrogen-bond acceptors (Lipinski definition) is 4. The Morgan fingerprint density at radius 3 is 2.26 bits per heavy atom. The molecule has 9 heteroatoms. The van der Waals surface area contributed by atoms with Crippen LogP contribution in [0.3, 0.4) is 0 Å². The molecule has 0 saturated carbocycles. The molecule has 1 heterocycles. The highest BCUT2D eigenvalue weighted by molar-refractivity contribution is 6.30. The third-order valence-electron chi connectivity index (χ3n) is 4.63. The molecule has 5 N–H and O–H groups in total. The predicted molar refractivity (Wildman–Crippen MR) is 99.4 cm³/mol. The van der Waals surface area contributed by atoms with Crippen LogP contribution in [0.2, 0.25) is 5.02 Å². The van der Waals surface area contributed by atoms with Gasteiger partial charge in [-0.15, -0.1) is 0 Å². The second-order valence-electron chi connectivity index (χ2n) is 6.90. The van der Waals surface area contributed by atoms with Gasteiger partial charge in [-0.1, -0.05) is 23.7 Å². The molecule has 0 bridgehead atoms.